The van der Waals surface area contributed by atoms with Crippen molar-refractivity contribution in [3.63, 3.8) is 0 Å². The first-order valence-corrected chi connectivity index (χ1v) is 6.31. The van der Waals surface area contributed by atoms with Gasteiger partial charge < -0.3 is 5.11 Å². The molecule has 0 aliphatic carbocycles. The lowest BCUT2D eigenvalue weighted by Gasteiger charge is -2.22. The minimum absolute atomic E-state index is 0.656. The SMILES string of the molecule is CC(O)(c1ccc(Cl)cc1)c1ccc(Cl)s1. The lowest BCUT2D eigenvalue weighted by molar-refractivity contribution is 0.106. The molecular weight excluding hydrogens is 263 g/mol. The normalized spacial score (nSPS) is 14.8. The second-order valence-electron chi connectivity index (χ2n) is 3.68. The summed E-state index contributed by atoms with van der Waals surface area (Å²) in [6.07, 6.45) is 0. The van der Waals surface area contributed by atoms with Crippen LogP contribution < -0.4 is 0 Å². The van der Waals surface area contributed by atoms with Gasteiger partial charge in [-0.25, -0.2) is 0 Å². The van der Waals surface area contributed by atoms with E-state index >= 15 is 0 Å². The molecule has 2 aromatic rings. The van der Waals surface area contributed by atoms with Gasteiger partial charge in [0.15, 0.2) is 0 Å². The zero-order chi connectivity index (χ0) is 11.8. The van der Waals surface area contributed by atoms with Crippen molar-refractivity contribution in [3.05, 3.63) is 56.2 Å². The Bertz CT molecular complexity index is 488. The van der Waals surface area contributed by atoms with Crippen LogP contribution in [-0.4, -0.2) is 5.11 Å². The highest BCUT2D eigenvalue weighted by atomic mass is 35.5. The molecule has 0 saturated heterocycles. The van der Waals surface area contributed by atoms with E-state index in [-0.39, 0.29) is 0 Å². The highest BCUT2D eigenvalue weighted by molar-refractivity contribution is 7.16. The van der Waals surface area contributed by atoms with Crippen LogP contribution in [0.15, 0.2) is 36.4 Å². The molecule has 1 nitrogen and oxygen atoms in total. The summed E-state index contributed by atoms with van der Waals surface area (Å²) in [5.41, 5.74) is -0.224. The Kier molecular flexibility index (Phi) is 3.27. The summed E-state index contributed by atoms with van der Waals surface area (Å²) >= 11 is 13.1. The van der Waals surface area contributed by atoms with Crippen molar-refractivity contribution < 1.29 is 5.11 Å². The van der Waals surface area contributed by atoms with Gasteiger partial charge in [-0.05, 0) is 36.8 Å². The predicted molar refractivity (Wildman–Crippen MR) is 69.5 cm³/mol. The molecule has 0 aliphatic rings. The second-order valence-corrected chi connectivity index (χ2v) is 5.83. The van der Waals surface area contributed by atoms with E-state index < -0.39 is 5.60 Å². The smallest absolute Gasteiger partial charge is 0.121 e. The quantitative estimate of drug-likeness (QED) is 0.864. The molecule has 0 bridgehead atoms. The third-order valence-electron chi connectivity index (χ3n) is 2.46. The number of rotatable bonds is 2. The zero-order valence-corrected chi connectivity index (χ0v) is 10.9. The van der Waals surface area contributed by atoms with Gasteiger partial charge in [0.1, 0.15) is 5.60 Å². The Balaban J connectivity index is 2.42. The Labute approximate surface area is 108 Å². The maximum Gasteiger partial charge on any atom is 0.121 e. The zero-order valence-electron chi connectivity index (χ0n) is 8.58. The van der Waals surface area contributed by atoms with E-state index in [2.05, 4.69) is 0 Å². The topological polar surface area (TPSA) is 20.2 Å². The van der Waals surface area contributed by atoms with Crippen LogP contribution in [0.2, 0.25) is 9.36 Å². The molecule has 4 heteroatoms. The number of benzene rings is 1. The van der Waals surface area contributed by atoms with Crippen LogP contribution in [0.25, 0.3) is 0 Å². The molecule has 0 amide bonds. The van der Waals surface area contributed by atoms with Crippen molar-refractivity contribution in [2.24, 2.45) is 0 Å². The summed E-state index contributed by atoms with van der Waals surface area (Å²) in [6.45, 7) is 1.75. The lowest BCUT2D eigenvalue weighted by Crippen LogP contribution is -2.20. The van der Waals surface area contributed by atoms with Crippen LogP contribution in [0.3, 0.4) is 0 Å². The van der Waals surface area contributed by atoms with Crippen LogP contribution in [-0.2, 0) is 5.60 Å². The minimum atomic E-state index is -1.03. The molecule has 0 spiro atoms. The molecule has 1 heterocycles. The number of aliphatic hydroxyl groups is 1. The maximum atomic E-state index is 10.5. The van der Waals surface area contributed by atoms with E-state index in [0.717, 1.165) is 10.4 Å². The highest BCUT2D eigenvalue weighted by Crippen LogP contribution is 2.35. The van der Waals surface area contributed by atoms with Crippen LogP contribution in [0.5, 0.6) is 0 Å². The fraction of sp³-hybridized carbons (Fsp3) is 0.167. The van der Waals surface area contributed by atoms with Gasteiger partial charge in [-0.15, -0.1) is 11.3 Å². The van der Waals surface area contributed by atoms with E-state index in [9.17, 15) is 5.11 Å². The number of hydrogen-bond acceptors (Lipinski definition) is 2. The molecule has 84 valence electrons. The molecule has 0 radical (unpaired) electrons. The van der Waals surface area contributed by atoms with Gasteiger partial charge in [-0.1, -0.05) is 35.3 Å². The Morgan fingerprint density at radius 1 is 1.06 bits per heavy atom. The first kappa shape index (κ1) is 11.9. The Morgan fingerprint density at radius 2 is 1.69 bits per heavy atom. The van der Waals surface area contributed by atoms with Gasteiger partial charge in [-0.2, -0.15) is 0 Å². The summed E-state index contributed by atoms with van der Waals surface area (Å²) in [5, 5.41) is 11.1. The number of thiophene rings is 1. The van der Waals surface area contributed by atoms with E-state index in [1.165, 1.54) is 11.3 Å². The van der Waals surface area contributed by atoms with Crippen molar-refractivity contribution in [1.82, 2.24) is 0 Å². The fourth-order valence-electron chi connectivity index (χ4n) is 1.49. The van der Waals surface area contributed by atoms with Gasteiger partial charge in [0.2, 0.25) is 0 Å². The van der Waals surface area contributed by atoms with Gasteiger partial charge in [0, 0.05) is 9.90 Å². The van der Waals surface area contributed by atoms with Gasteiger partial charge in [-0.3, -0.25) is 0 Å². The Hall–Kier alpha value is -0.540. The average Bonchev–Trinajstić information content (AvgIpc) is 2.66. The summed E-state index contributed by atoms with van der Waals surface area (Å²) in [6, 6.07) is 10.8. The van der Waals surface area contributed by atoms with Crippen molar-refractivity contribution in [1.29, 1.82) is 0 Å². The van der Waals surface area contributed by atoms with E-state index in [0.29, 0.717) is 9.36 Å². The number of halogens is 2. The molecule has 1 N–H and O–H groups in total. The van der Waals surface area contributed by atoms with Crippen molar-refractivity contribution in [2.45, 2.75) is 12.5 Å². The third-order valence-corrected chi connectivity index (χ3v) is 4.15. The third kappa shape index (κ3) is 2.25. The first-order valence-electron chi connectivity index (χ1n) is 4.74. The molecule has 0 fully saturated rings. The summed E-state index contributed by atoms with van der Waals surface area (Å²) < 4.78 is 0.671. The second kappa shape index (κ2) is 4.38. The van der Waals surface area contributed by atoms with Crippen molar-refractivity contribution >= 4 is 34.5 Å². The van der Waals surface area contributed by atoms with Gasteiger partial charge >= 0.3 is 0 Å². The molecule has 0 aliphatic heterocycles. The Morgan fingerprint density at radius 3 is 2.19 bits per heavy atom. The van der Waals surface area contributed by atoms with E-state index in [4.69, 9.17) is 23.2 Å². The van der Waals surface area contributed by atoms with E-state index in [1.54, 1.807) is 25.1 Å². The molecular formula is C12H10Cl2OS. The summed E-state index contributed by atoms with van der Waals surface area (Å²) in [5.74, 6) is 0. The average molecular weight is 273 g/mol. The minimum Gasteiger partial charge on any atom is -0.380 e. The molecule has 2 rings (SSSR count). The molecule has 16 heavy (non-hydrogen) atoms. The molecule has 1 aromatic heterocycles. The van der Waals surface area contributed by atoms with Crippen LogP contribution >= 0.6 is 34.5 Å². The lowest BCUT2D eigenvalue weighted by atomic mass is 9.94. The van der Waals surface area contributed by atoms with Crippen molar-refractivity contribution in [2.75, 3.05) is 0 Å². The van der Waals surface area contributed by atoms with Gasteiger partial charge in [0.05, 0.1) is 4.34 Å². The molecule has 0 saturated carbocycles. The number of hydrogen-bond donors (Lipinski definition) is 1. The highest BCUT2D eigenvalue weighted by Gasteiger charge is 2.27. The molecule has 1 unspecified atom stereocenters. The summed E-state index contributed by atoms with van der Waals surface area (Å²) in [7, 11) is 0. The maximum absolute atomic E-state index is 10.5. The standard InChI is InChI=1S/C12H10Cl2OS/c1-12(15,10-6-7-11(14)16-10)8-2-4-9(13)5-3-8/h2-7,15H,1H3. The summed E-state index contributed by atoms with van der Waals surface area (Å²) in [4.78, 5) is 0.819. The van der Waals surface area contributed by atoms with Crippen molar-refractivity contribution in [3.8, 4) is 0 Å². The largest absolute Gasteiger partial charge is 0.380 e. The van der Waals surface area contributed by atoms with Gasteiger partial charge in [0.25, 0.3) is 0 Å². The van der Waals surface area contributed by atoms with Crippen LogP contribution in [0.1, 0.15) is 17.4 Å². The first-order chi connectivity index (χ1) is 7.50. The molecule has 1 atom stereocenters. The van der Waals surface area contributed by atoms with E-state index in [1.807, 2.05) is 18.2 Å². The molecule has 1 aromatic carbocycles. The van der Waals surface area contributed by atoms with Crippen LogP contribution in [0, 0.1) is 0 Å². The predicted octanol–water partition coefficient (Wildman–Crippen LogP) is 4.31. The fourth-order valence-corrected chi connectivity index (χ4v) is 2.73. The van der Waals surface area contributed by atoms with Crippen LogP contribution in [0.4, 0.5) is 0 Å². The monoisotopic (exact) mass is 272 g/mol.